The fourth-order valence-corrected chi connectivity index (χ4v) is 3.87. The van der Waals surface area contributed by atoms with Crippen molar-refractivity contribution in [2.24, 2.45) is 0 Å². The number of methoxy groups -OCH3 is 1. The zero-order valence-electron chi connectivity index (χ0n) is 14.1. The topological polar surface area (TPSA) is 78.9 Å². The van der Waals surface area contributed by atoms with Crippen molar-refractivity contribution in [1.82, 2.24) is 5.32 Å². The van der Waals surface area contributed by atoms with Crippen LogP contribution in [0.25, 0.3) is 6.08 Å². The van der Waals surface area contributed by atoms with Crippen LogP contribution in [0.15, 0.2) is 44.9 Å². The molecule has 0 saturated carbocycles. The van der Waals surface area contributed by atoms with E-state index in [1.807, 2.05) is 0 Å². The highest BCUT2D eigenvalue weighted by molar-refractivity contribution is 9.13. The van der Waals surface area contributed by atoms with Crippen molar-refractivity contribution in [1.29, 1.82) is 0 Å². The molecule has 2 aromatic carbocycles. The zero-order valence-corrected chi connectivity index (χ0v) is 18.9. The Morgan fingerprint density at radius 2 is 1.93 bits per heavy atom. The molecule has 1 aliphatic heterocycles. The van der Waals surface area contributed by atoms with Crippen LogP contribution in [-0.2, 0) is 9.59 Å². The second-order valence-corrected chi connectivity index (χ2v) is 7.93. The first-order valence-corrected chi connectivity index (χ1v) is 10.0. The van der Waals surface area contributed by atoms with Gasteiger partial charge < -0.3 is 9.84 Å². The number of hydrogen-bond donors (Lipinski definition) is 2. The van der Waals surface area contributed by atoms with Gasteiger partial charge in [-0.3, -0.25) is 19.8 Å². The standard InChI is InChI=1S/C18H11Br2ClN2O4S/c1-27-12-7-8(13(19)14(20)15(12)24)6-9-16(25)22-18(28)23(17(9)26)11-5-3-2-4-10(11)21/h2-7,24H,1H3,(H,22,25,28)/b9-6+. The Hall–Kier alpha value is -1.94. The van der Waals surface area contributed by atoms with Crippen LogP contribution in [0, 0.1) is 0 Å². The minimum Gasteiger partial charge on any atom is -0.503 e. The first kappa shape index (κ1) is 20.8. The molecule has 1 heterocycles. The minimum atomic E-state index is -0.645. The van der Waals surface area contributed by atoms with Crippen molar-refractivity contribution >= 4 is 84.4 Å². The molecule has 2 aromatic rings. The van der Waals surface area contributed by atoms with E-state index in [1.54, 1.807) is 24.3 Å². The van der Waals surface area contributed by atoms with Gasteiger partial charge in [0.05, 0.1) is 22.3 Å². The Morgan fingerprint density at radius 1 is 1.25 bits per heavy atom. The fraction of sp³-hybridized carbons (Fsp3) is 0.0556. The normalized spacial score (nSPS) is 15.8. The lowest BCUT2D eigenvalue weighted by Gasteiger charge is -2.29. The summed E-state index contributed by atoms with van der Waals surface area (Å²) < 4.78 is 5.88. The molecule has 28 heavy (non-hydrogen) atoms. The summed E-state index contributed by atoms with van der Waals surface area (Å²) in [4.78, 5) is 26.7. The highest BCUT2D eigenvalue weighted by atomic mass is 79.9. The third-order valence-corrected chi connectivity index (χ3v) is 6.65. The number of nitrogens with one attached hydrogen (secondary N) is 1. The molecule has 0 atom stereocenters. The molecule has 10 heteroatoms. The van der Waals surface area contributed by atoms with Crippen molar-refractivity contribution in [3.05, 3.63) is 55.4 Å². The molecule has 6 nitrogen and oxygen atoms in total. The predicted octanol–water partition coefficient (Wildman–Crippen LogP) is 4.41. The maximum absolute atomic E-state index is 13.1. The summed E-state index contributed by atoms with van der Waals surface area (Å²) >= 11 is 17.9. The maximum atomic E-state index is 13.1. The van der Waals surface area contributed by atoms with Gasteiger partial charge in [-0.25, -0.2) is 0 Å². The number of rotatable bonds is 3. The number of anilines is 1. The first-order chi connectivity index (χ1) is 13.3. The number of aromatic hydroxyl groups is 1. The van der Waals surface area contributed by atoms with E-state index in [-0.39, 0.29) is 22.2 Å². The summed E-state index contributed by atoms with van der Waals surface area (Å²) in [6.07, 6.45) is 1.38. The van der Waals surface area contributed by atoms with Crippen LogP contribution >= 0.6 is 55.7 Å². The van der Waals surface area contributed by atoms with Gasteiger partial charge in [0.2, 0.25) is 0 Å². The predicted molar refractivity (Wildman–Crippen MR) is 118 cm³/mol. The van der Waals surface area contributed by atoms with Crippen LogP contribution < -0.4 is 15.0 Å². The number of phenols is 1. The number of hydrogen-bond acceptors (Lipinski definition) is 5. The summed E-state index contributed by atoms with van der Waals surface area (Å²) in [5, 5.41) is 12.8. The van der Waals surface area contributed by atoms with Crippen LogP contribution in [0.3, 0.4) is 0 Å². The highest BCUT2D eigenvalue weighted by Gasteiger charge is 2.35. The van der Waals surface area contributed by atoms with Crippen molar-refractivity contribution in [2.75, 3.05) is 12.0 Å². The van der Waals surface area contributed by atoms with Gasteiger partial charge in [-0.15, -0.1) is 0 Å². The van der Waals surface area contributed by atoms with Crippen molar-refractivity contribution in [3.8, 4) is 11.5 Å². The van der Waals surface area contributed by atoms with Crippen LogP contribution in [0.4, 0.5) is 5.69 Å². The van der Waals surface area contributed by atoms with E-state index >= 15 is 0 Å². The number of nitrogens with zero attached hydrogens (tertiary/aromatic N) is 1. The molecule has 2 N–H and O–H groups in total. The van der Waals surface area contributed by atoms with E-state index in [0.717, 1.165) is 4.90 Å². The molecular weight excluding hydrogens is 536 g/mol. The van der Waals surface area contributed by atoms with Gasteiger partial charge in [0.15, 0.2) is 16.6 Å². The van der Waals surface area contributed by atoms with Crippen LogP contribution in [0.1, 0.15) is 5.56 Å². The Bertz CT molecular complexity index is 1060. The van der Waals surface area contributed by atoms with E-state index in [4.69, 9.17) is 28.6 Å². The summed E-state index contributed by atoms with van der Waals surface area (Å²) in [7, 11) is 1.39. The van der Waals surface area contributed by atoms with Crippen LogP contribution in [0.2, 0.25) is 5.02 Å². The number of thiocarbonyl (C=S) groups is 1. The van der Waals surface area contributed by atoms with Gasteiger partial charge in [0.1, 0.15) is 5.57 Å². The average Bonchev–Trinajstić information content (AvgIpc) is 2.66. The Labute approximate surface area is 187 Å². The SMILES string of the molecule is COc1cc(/C=C2\C(=O)NC(=S)N(c3ccccc3Cl)C2=O)c(Br)c(Br)c1O. The number of halogens is 3. The second-order valence-electron chi connectivity index (χ2n) is 5.55. The number of carbonyl (C=O) groups excluding carboxylic acids is 2. The summed E-state index contributed by atoms with van der Waals surface area (Å²) in [6, 6.07) is 8.15. The molecule has 1 fully saturated rings. The minimum absolute atomic E-state index is 0.0659. The summed E-state index contributed by atoms with van der Waals surface area (Å²) in [5.41, 5.74) is 0.634. The third-order valence-electron chi connectivity index (χ3n) is 3.89. The van der Waals surface area contributed by atoms with E-state index < -0.39 is 11.8 Å². The molecule has 0 unspecified atom stereocenters. The number of benzene rings is 2. The molecule has 0 aromatic heterocycles. The lowest BCUT2D eigenvalue weighted by molar-refractivity contribution is -0.122. The molecule has 144 valence electrons. The number of carbonyl (C=O) groups is 2. The van der Waals surface area contributed by atoms with Crippen molar-refractivity contribution in [3.63, 3.8) is 0 Å². The fourth-order valence-electron chi connectivity index (χ4n) is 2.54. The maximum Gasteiger partial charge on any atom is 0.270 e. The molecule has 0 aliphatic carbocycles. The molecule has 1 aliphatic rings. The Kier molecular flexibility index (Phi) is 6.09. The van der Waals surface area contributed by atoms with E-state index in [1.165, 1.54) is 19.3 Å². The quantitative estimate of drug-likeness (QED) is 0.339. The van der Waals surface area contributed by atoms with Gasteiger partial charge in [-0.1, -0.05) is 23.7 Å². The second kappa shape index (κ2) is 8.20. The first-order valence-electron chi connectivity index (χ1n) is 7.67. The van der Waals surface area contributed by atoms with E-state index in [2.05, 4.69) is 37.2 Å². The lowest BCUT2D eigenvalue weighted by atomic mass is 10.1. The third kappa shape index (κ3) is 3.67. The Balaban J connectivity index is 2.13. The molecule has 1 saturated heterocycles. The summed E-state index contributed by atoms with van der Waals surface area (Å²) in [6.45, 7) is 0. The largest absolute Gasteiger partial charge is 0.503 e. The average molecular weight is 547 g/mol. The van der Waals surface area contributed by atoms with Gasteiger partial charge in [0, 0.05) is 4.47 Å². The van der Waals surface area contributed by atoms with Crippen LogP contribution in [-0.4, -0.2) is 29.1 Å². The van der Waals surface area contributed by atoms with Gasteiger partial charge >= 0.3 is 0 Å². The van der Waals surface area contributed by atoms with Crippen molar-refractivity contribution < 1.29 is 19.4 Å². The van der Waals surface area contributed by atoms with Crippen molar-refractivity contribution in [2.45, 2.75) is 0 Å². The smallest absolute Gasteiger partial charge is 0.270 e. The van der Waals surface area contributed by atoms with Gasteiger partial charge in [-0.2, -0.15) is 0 Å². The molecule has 2 amide bonds. The number of ether oxygens (including phenoxy) is 1. The molecular formula is C18H11Br2ClN2O4S. The summed E-state index contributed by atoms with van der Waals surface area (Å²) in [5.74, 6) is -1.22. The number of phenolic OH excluding ortho intramolecular Hbond substituents is 1. The van der Waals surface area contributed by atoms with Gasteiger partial charge in [-0.05, 0) is 73.9 Å². The monoisotopic (exact) mass is 544 g/mol. The molecule has 0 spiro atoms. The van der Waals surface area contributed by atoms with Crippen LogP contribution in [0.5, 0.6) is 11.5 Å². The zero-order chi connectivity index (χ0) is 20.6. The molecule has 0 bridgehead atoms. The highest BCUT2D eigenvalue weighted by Crippen LogP contribution is 2.42. The van der Waals surface area contributed by atoms with E-state index in [9.17, 15) is 14.7 Å². The van der Waals surface area contributed by atoms with Gasteiger partial charge in [0.25, 0.3) is 11.8 Å². The lowest BCUT2D eigenvalue weighted by Crippen LogP contribution is -2.54. The molecule has 0 radical (unpaired) electrons. The number of amides is 2. The Morgan fingerprint density at radius 3 is 2.57 bits per heavy atom. The number of para-hydroxylation sites is 1. The molecule has 3 rings (SSSR count). The van der Waals surface area contributed by atoms with E-state index in [0.29, 0.717) is 25.2 Å².